The predicted octanol–water partition coefficient (Wildman–Crippen LogP) is 2.06. The Labute approximate surface area is 213 Å². The van der Waals surface area contributed by atoms with E-state index >= 15 is 0 Å². The van der Waals surface area contributed by atoms with Crippen LogP contribution in [0.25, 0.3) is 14.5 Å². The third-order valence-electron chi connectivity index (χ3n) is 4.44. The zero-order valence-corrected chi connectivity index (χ0v) is 20.3. The topological polar surface area (TPSA) is 140 Å². The Morgan fingerprint density at radius 1 is 0.528 bits per heavy atom. The molecule has 0 spiro atoms. The van der Waals surface area contributed by atoms with Gasteiger partial charge in [0, 0.05) is 0 Å². The van der Waals surface area contributed by atoms with Crippen LogP contribution in [-0.4, -0.2) is 96.9 Å². The molecule has 0 saturated heterocycles. The van der Waals surface area contributed by atoms with Crippen LogP contribution in [0.4, 0.5) is 0 Å². The van der Waals surface area contributed by atoms with E-state index in [0.29, 0.717) is 0 Å². The molecular formula is C24H32N6O6. The second kappa shape index (κ2) is 24.8. The van der Waals surface area contributed by atoms with E-state index in [1.165, 1.54) is 0 Å². The Morgan fingerprint density at radius 2 is 0.917 bits per heavy atom. The fraction of sp³-hybridized carbons (Fsp3) is 0.750. The highest BCUT2D eigenvalue weighted by Gasteiger charge is 2.39. The van der Waals surface area contributed by atoms with Crippen molar-refractivity contribution in [2.45, 2.75) is 43.7 Å². The van der Waals surface area contributed by atoms with Crippen molar-refractivity contribution in [1.29, 1.82) is 15.8 Å². The Bertz CT molecular complexity index is 748. The summed E-state index contributed by atoms with van der Waals surface area (Å²) in [7, 11) is 0. The van der Waals surface area contributed by atoms with Gasteiger partial charge in [-0.15, -0.1) is 0 Å². The maximum atomic E-state index is 9.01. The molecule has 0 saturated carbocycles. The lowest BCUT2D eigenvalue weighted by molar-refractivity contribution is -0.193. The molecule has 0 bridgehead atoms. The highest BCUT2D eigenvalue weighted by molar-refractivity contribution is 4.88. The van der Waals surface area contributed by atoms with Crippen molar-refractivity contribution >= 4 is 0 Å². The van der Waals surface area contributed by atoms with Crippen LogP contribution in [0.2, 0.25) is 0 Å². The highest BCUT2D eigenvalue weighted by atomic mass is 16.6. The normalized spacial score (nSPS) is 13.5. The molecule has 0 fully saturated rings. The minimum absolute atomic E-state index is 0.0142. The largest absolute Gasteiger partial charge is 0.378 e. The third-order valence-corrected chi connectivity index (χ3v) is 4.44. The summed E-state index contributed by atoms with van der Waals surface area (Å²) in [6, 6.07) is 6.01. The van der Waals surface area contributed by atoms with Crippen LogP contribution in [-0.2, 0) is 28.4 Å². The molecule has 0 aromatic rings. The van der Waals surface area contributed by atoms with Gasteiger partial charge in [-0.25, -0.2) is 19.7 Å². The van der Waals surface area contributed by atoms with Gasteiger partial charge in [-0.1, -0.05) is 0 Å². The summed E-state index contributed by atoms with van der Waals surface area (Å²) in [5.41, 5.74) is 0. The molecule has 0 aliphatic carbocycles. The average molecular weight is 501 g/mol. The van der Waals surface area contributed by atoms with Gasteiger partial charge in [0.05, 0.1) is 70.5 Å². The van der Waals surface area contributed by atoms with Gasteiger partial charge in [0.25, 0.3) is 0 Å². The zero-order chi connectivity index (χ0) is 26.7. The van der Waals surface area contributed by atoms with Crippen LogP contribution in [0.5, 0.6) is 0 Å². The van der Waals surface area contributed by atoms with E-state index in [4.69, 9.17) is 63.9 Å². The smallest absolute Gasteiger partial charge is 0.237 e. The molecule has 4 unspecified atom stereocenters. The first-order valence-electron chi connectivity index (χ1n) is 11.4. The van der Waals surface area contributed by atoms with E-state index in [1.807, 2.05) is 18.2 Å². The number of ether oxygens (including phenoxy) is 6. The minimum atomic E-state index is -0.854. The molecule has 0 aromatic carbocycles. The number of hydrogen-bond acceptors (Lipinski definition) is 9. The maximum absolute atomic E-state index is 9.01. The average Bonchev–Trinajstić information content (AvgIpc) is 2.88. The molecule has 0 aromatic heterocycles. The van der Waals surface area contributed by atoms with Crippen molar-refractivity contribution in [1.82, 2.24) is 0 Å². The summed E-state index contributed by atoms with van der Waals surface area (Å²) in [4.78, 5) is 9.86. The standard InChI is InChI=1S/C24H32N6O6/c1-28-10-16-32-20-22(34-17-11-29-2)24(36-18-12-30-3)23(35-15-6-9-27)21(33-14-5-8-26)19-31-13-4-7-25/h21-24H,4-6,10-20H2. The molecule has 0 N–H and O–H groups in total. The van der Waals surface area contributed by atoms with Crippen molar-refractivity contribution in [3.05, 3.63) is 34.3 Å². The number of hydrogen-bond donors (Lipinski definition) is 0. The van der Waals surface area contributed by atoms with Gasteiger partial charge in [-0.05, 0) is 0 Å². The van der Waals surface area contributed by atoms with Crippen molar-refractivity contribution < 1.29 is 28.4 Å². The van der Waals surface area contributed by atoms with Crippen LogP contribution < -0.4 is 0 Å². The first-order chi connectivity index (χ1) is 17.7. The monoisotopic (exact) mass is 500 g/mol. The lowest BCUT2D eigenvalue weighted by Crippen LogP contribution is -2.53. The molecule has 4 atom stereocenters. The van der Waals surface area contributed by atoms with Gasteiger partial charge >= 0.3 is 0 Å². The lowest BCUT2D eigenvalue weighted by atomic mass is 10.0. The van der Waals surface area contributed by atoms with E-state index < -0.39 is 24.4 Å². The Hall–Kier alpha value is -3.30. The first kappa shape index (κ1) is 32.7. The van der Waals surface area contributed by atoms with Crippen LogP contribution >= 0.6 is 0 Å². The van der Waals surface area contributed by atoms with Crippen molar-refractivity contribution in [3.8, 4) is 18.2 Å². The molecule has 12 nitrogen and oxygen atoms in total. The van der Waals surface area contributed by atoms with Crippen LogP contribution in [0.15, 0.2) is 0 Å². The fourth-order valence-corrected chi connectivity index (χ4v) is 2.91. The second-order valence-electron chi connectivity index (χ2n) is 7.01. The Morgan fingerprint density at radius 3 is 1.44 bits per heavy atom. The molecule has 0 radical (unpaired) electrons. The second-order valence-corrected chi connectivity index (χ2v) is 7.01. The van der Waals surface area contributed by atoms with Gasteiger partial charge in [0.1, 0.15) is 44.2 Å². The quantitative estimate of drug-likeness (QED) is 0.152. The van der Waals surface area contributed by atoms with Crippen molar-refractivity contribution in [3.63, 3.8) is 0 Å². The van der Waals surface area contributed by atoms with Crippen LogP contribution in [0, 0.1) is 53.7 Å². The van der Waals surface area contributed by atoms with Crippen LogP contribution in [0.1, 0.15) is 19.3 Å². The van der Waals surface area contributed by atoms with E-state index in [-0.39, 0.29) is 91.8 Å². The number of rotatable bonds is 23. The summed E-state index contributed by atoms with van der Waals surface area (Å²) in [5, 5.41) is 26.7. The summed E-state index contributed by atoms with van der Waals surface area (Å²) in [6.45, 7) is 22.0. The molecule has 0 rings (SSSR count). The Kier molecular flexibility index (Phi) is 22.5. The molecule has 0 aliphatic rings. The molecule has 0 aliphatic heterocycles. The molecule has 0 amide bonds. The first-order valence-corrected chi connectivity index (χ1v) is 11.4. The minimum Gasteiger partial charge on any atom is -0.378 e. The molecule has 194 valence electrons. The van der Waals surface area contributed by atoms with Gasteiger partial charge in [0.15, 0.2) is 0 Å². The molecule has 36 heavy (non-hydrogen) atoms. The van der Waals surface area contributed by atoms with Gasteiger partial charge in [-0.2, -0.15) is 15.8 Å². The van der Waals surface area contributed by atoms with Crippen LogP contribution in [0.3, 0.4) is 0 Å². The van der Waals surface area contributed by atoms with Gasteiger partial charge in [-0.3, -0.25) is 0 Å². The molecule has 0 heterocycles. The van der Waals surface area contributed by atoms with E-state index in [9.17, 15) is 0 Å². The highest BCUT2D eigenvalue weighted by Crippen LogP contribution is 2.20. The van der Waals surface area contributed by atoms with Crippen molar-refractivity contribution in [2.75, 3.05) is 72.5 Å². The number of nitrogens with zero attached hydrogens (tertiary/aromatic N) is 6. The summed E-state index contributed by atoms with van der Waals surface area (Å²) in [6.07, 6.45) is -2.83. The van der Waals surface area contributed by atoms with E-state index in [0.717, 1.165) is 0 Å². The third kappa shape index (κ3) is 16.3. The summed E-state index contributed by atoms with van der Waals surface area (Å²) < 4.78 is 35.0. The summed E-state index contributed by atoms with van der Waals surface area (Å²) >= 11 is 0. The van der Waals surface area contributed by atoms with Crippen molar-refractivity contribution in [2.24, 2.45) is 0 Å². The number of nitriles is 3. The van der Waals surface area contributed by atoms with E-state index in [2.05, 4.69) is 14.5 Å². The predicted molar refractivity (Wildman–Crippen MR) is 126 cm³/mol. The lowest BCUT2D eigenvalue weighted by Gasteiger charge is -2.36. The van der Waals surface area contributed by atoms with Gasteiger partial charge in [0.2, 0.25) is 19.6 Å². The fourth-order valence-electron chi connectivity index (χ4n) is 2.91. The Balaban J connectivity index is 6.02. The zero-order valence-electron chi connectivity index (χ0n) is 20.3. The van der Waals surface area contributed by atoms with Gasteiger partial charge < -0.3 is 43.0 Å². The van der Waals surface area contributed by atoms with E-state index in [1.54, 1.807) is 0 Å². The summed E-state index contributed by atoms with van der Waals surface area (Å²) in [5.74, 6) is 0. The molecule has 12 heteroatoms. The molecular weight excluding hydrogens is 468 g/mol. The SMILES string of the molecule is [C-]#[N+]CCOCC(OCC[N+]#[C-])C(OCC[N+]#[C-])C(OCCC#N)C(COCCC#N)OCCC#N. The maximum Gasteiger partial charge on any atom is 0.237 e.